The molecule has 2 N–H and O–H groups in total. The van der Waals surface area contributed by atoms with Crippen LogP contribution in [-0.4, -0.2) is 28.0 Å². The second-order valence-electron chi connectivity index (χ2n) is 4.58. The fourth-order valence-corrected chi connectivity index (χ4v) is 2.78. The first-order valence-electron chi connectivity index (χ1n) is 5.86. The summed E-state index contributed by atoms with van der Waals surface area (Å²) in [4.78, 5) is 16.1. The fraction of sp³-hybridized carbons (Fsp3) is 0.545. The highest BCUT2D eigenvalue weighted by Gasteiger charge is 2.18. The monoisotopic (exact) mass is 249 g/mol. The van der Waals surface area contributed by atoms with E-state index < -0.39 is 0 Å². The van der Waals surface area contributed by atoms with Crippen LogP contribution in [0, 0.1) is 5.92 Å². The molecule has 6 heteroatoms. The highest BCUT2D eigenvalue weighted by atomic mass is 32.1. The molecule has 1 fully saturated rings. The van der Waals surface area contributed by atoms with E-state index in [0.717, 1.165) is 29.7 Å². The summed E-state index contributed by atoms with van der Waals surface area (Å²) in [6, 6.07) is 0. The van der Waals surface area contributed by atoms with E-state index >= 15 is 0 Å². The topological polar surface area (TPSA) is 67.9 Å². The van der Waals surface area contributed by atoms with Gasteiger partial charge in [0.25, 0.3) is 0 Å². The Bertz CT molecular complexity index is 530. The van der Waals surface area contributed by atoms with E-state index in [2.05, 4.69) is 26.8 Å². The highest BCUT2D eigenvalue weighted by Crippen LogP contribution is 2.25. The molecule has 0 atom stereocenters. The molecule has 1 aliphatic rings. The molecule has 17 heavy (non-hydrogen) atoms. The van der Waals surface area contributed by atoms with Gasteiger partial charge in [0.2, 0.25) is 0 Å². The normalized spacial score (nSPS) is 17.8. The molecule has 0 bridgehead atoms. The van der Waals surface area contributed by atoms with E-state index in [1.165, 1.54) is 24.2 Å². The van der Waals surface area contributed by atoms with Gasteiger partial charge in [0.1, 0.15) is 5.82 Å². The summed E-state index contributed by atoms with van der Waals surface area (Å²) in [7, 11) is 0. The van der Waals surface area contributed by atoms with Crippen LogP contribution in [0.25, 0.3) is 10.5 Å². The summed E-state index contributed by atoms with van der Waals surface area (Å²) >= 11 is 1.40. The van der Waals surface area contributed by atoms with Gasteiger partial charge < -0.3 is 10.6 Å². The van der Waals surface area contributed by atoms with Gasteiger partial charge >= 0.3 is 0 Å². The van der Waals surface area contributed by atoms with E-state index in [1.54, 1.807) is 6.20 Å². The van der Waals surface area contributed by atoms with Crippen LogP contribution < -0.4 is 10.6 Å². The summed E-state index contributed by atoms with van der Waals surface area (Å²) < 4.78 is 0. The number of hydrogen-bond donors (Lipinski definition) is 1. The Hall–Kier alpha value is -1.43. The van der Waals surface area contributed by atoms with Crippen LogP contribution in [0.5, 0.6) is 0 Å². The second kappa shape index (κ2) is 4.10. The third-order valence-corrected chi connectivity index (χ3v) is 4.00. The van der Waals surface area contributed by atoms with Crippen molar-refractivity contribution in [1.29, 1.82) is 0 Å². The lowest BCUT2D eigenvalue weighted by Crippen LogP contribution is -2.33. The second-order valence-corrected chi connectivity index (χ2v) is 5.59. The lowest BCUT2D eigenvalue weighted by molar-refractivity contribution is 0.436. The Balaban J connectivity index is 1.89. The number of nitrogens with two attached hydrogens (primary N) is 1. The zero-order chi connectivity index (χ0) is 11.8. The van der Waals surface area contributed by atoms with Crippen molar-refractivity contribution in [2.24, 2.45) is 5.92 Å². The fourth-order valence-electron chi connectivity index (χ4n) is 2.12. The minimum absolute atomic E-state index is 0.532. The number of fused-ring (bicyclic) bond motifs is 1. The first kappa shape index (κ1) is 10.7. The molecule has 3 rings (SSSR count). The predicted molar refractivity (Wildman–Crippen MR) is 70.2 cm³/mol. The zero-order valence-corrected chi connectivity index (χ0v) is 10.6. The van der Waals surface area contributed by atoms with Crippen LogP contribution in [0.4, 0.5) is 10.9 Å². The van der Waals surface area contributed by atoms with Crippen LogP contribution >= 0.6 is 11.3 Å². The van der Waals surface area contributed by atoms with Crippen LogP contribution in [0.2, 0.25) is 0 Å². The van der Waals surface area contributed by atoms with E-state index in [0.29, 0.717) is 10.8 Å². The van der Waals surface area contributed by atoms with Gasteiger partial charge in [-0.2, -0.15) is 4.98 Å². The lowest BCUT2D eigenvalue weighted by Gasteiger charge is -2.30. The van der Waals surface area contributed by atoms with Crippen LogP contribution in [0.3, 0.4) is 0 Å². The number of rotatable bonds is 1. The minimum Gasteiger partial charge on any atom is -0.375 e. The highest BCUT2D eigenvalue weighted by molar-refractivity contribution is 7.21. The molecule has 1 saturated heterocycles. The first-order chi connectivity index (χ1) is 8.22. The van der Waals surface area contributed by atoms with E-state index in [9.17, 15) is 0 Å². The van der Waals surface area contributed by atoms with Crippen molar-refractivity contribution in [2.75, 3.05) is 23.7 Å². The Morgan fingerprint density at radius 3 is 2.88 bits per heavy atom. The quantitative estimate of drug-likeness (QED) is 0.836. The molecule has 2 aromatic rings. The number of nitrogens with zero attached hydrogens (tertiary/aromatic N) is 4. The molecular weight excluding hydrogens is 234 g/mol. The zero-order valence-electron chi connectivity index (χ0n) is 9.76. The Morgan fingerprint density at radius 1 is 1.35 bits per heavy atom. The van der Waals surface area contributed by atoms with Crippen molar-refractivity contribution in [2.45, 2.75) is 19.8 Å². The molecule has 0 radical (unpaired) electrons. The molecule has 0 unspecified atom stereocenters. The molecule has 0 amide bonds. The van der Waals surface area contributed by atoms with Crippen molar-refractivity contribution >= 4 is 32.8 Å². The van der Waals surface area contributed by atoms with Gasteiger partial charge in [0, 0.05) is 13.1 Å². The van der Waals surface area contributed by atoms with Crippen LogP contribution in [-0.2, 0) is 0 Å². The molecule has 90 valence electrons. The maximum Gasteiger partial charge on any atom is 0.191 e. The minimum atomic E-state index is 0.532. The van der Waals surface area contributed by atoms with Gasteiger partial charge in [-0.3, -0.25) is 0 Å². The average molecular weight is 249 g/mol. The van der Waals surface area contributed by atoms with Crippen molar-refractivity contribution in [3.63, 3.8) is 0 Å². The van der Waals surface area contributed by atoms with Crippen molar-refractivity contribution in [3.8, 4) is 0 Å². The maximum absolute atomic E-state index is 5.65. The number of nitrogen functional groups attached to an aromatic ring is 1. The van der Waals surface area contributed by atoms with Gasteiger partial charge in [-0.1, -0.05) is 18.3 Å². The molecule has 3 heterocycles. The molecule has 0 aliphatic carbocycles. The average Bonchev–Trinajstić information content (AvgIpc) is 2.69. The van der Waals surface area contributed by atoms with E-state index in [1.807, 2.05) is 0 Å². The van der Waals surface area contributed by atoms with Gasteiger partial charge in [-0.25, -0.2) is 9.97 Å². The molecule has 0 saturated carbocycles. The van der Waals surface area contributed by atoms with Gasteiger partial charge in [-0.05, 0) is 18.8 Å². The van der Waals surface area contributed by atoms with Crippen molar-refractivity contribution in [1.82, 2.24) is 15.0 Å². The predicted octanol–water partition coefficient (Wildman–Crippen LogP) is 1.90. The van der Waals surface area contributed by atoms with Crippen molar-refractivity contribution < 1.29 is 0 Å². The summed E-state index contributed by atoms with van der Waals surface area (Å²) in [6.45, 7) is 4.43. The summed E-state index contributed by atoms with van der Waals surface area (Å²) in [5, 5.41) is 0.532. The maximum atomic E-state index is 5.65. The molecular formula is C11H15N5S. The molecule has 2 aromatic heterocycles. The Labute approximate surface area is 104 Å². The molecule has 0 spiro atoms. The lowest BCUT2D eigenvalue weighted by atomic mass is 9.99. The Kier molecular flexibility index (Phi) is 2.58. The smallest absolute Gasteiger partial charge is 0.191 e. The Morgan fingerprint density at radius 2 is 2.12 bits per heavy atom. The third kappa shape index (κ3) is 2.04. The van der Waals surface area contributed by atoms with E-state index in [-0.39, 0.29) is 0 Å². The number of piperidine rings is 1. The number of anilines is 2. The third-order valence-electron chi connectivity index (χ3n) is 3.23. The summed E-state index contributed by atoms with van der Waals surface area (Å²) in [5.41, 5.74) is 6.31. The molecule has 0 aromatic carbocycles. The van der Waals surface area contributed by atoms with Gasteiger partial charge in [-0.15, -0.1) is 0 Å². The first-order valence-corrected chi connectivity index (χ1v) is 6.68. The van der Waals surface area contributed by atoms with Gasteiger partial charge in [0.15, 0.2) is 15.6 Å². The molecule has 1 aliphatic heterocycles. The number of thiazole rings is 1. The van der Waals surface area contributed by atoms with Crippen LogP contribution in [0.15, 0.2) is 6.20 Å². The van der Waals surface area contributed by atoms with Crippen molar-refractivity contribution in [3.05, 3.63) is 6.20 Å². The molecule has 5 nitrogen and oxygen atoms in total. The summed E-state index contributed by atoms with van der Waals surface area (Å²) in [6.07, 6.45) is 4.26. The number of aromatic nitrogens is 3. The van der Waals surface area contributed by atoms with E-state index in [4.69, 9.17) is 5.73 Å². The SMILES string of the molecule is CC1CCN(c2cnc3nc(N)sc3n2)CC1. The standard InChI is InChI=1S/C11H15N5S/c1-7-2-4-16(5-3-7)8-6-13-9-10(14-8)17-11(12)15-9/h6-7H,2-5H2,1H3,(H2,12,13,15). The van der Waals surface area contributed by atoms with Crippen LogP contribution in [0.1, 0.15) is 19.8 Å². The van der Waals surface area contributed by atoms with Gasteiger partial charge in [0.05, 0.1) is 6.20 Å². The number of hydrogen-bond acceptors (Lipinski definition) is 6. The summed E-state index contributed by atoms with van der Waals surface area (Å²) in [5.74, 6) is 1.77. The largest absolute Gasteiger partial charge is 0.375 e.